The predicted molar refractivity (Wildman–Crippen MR) is 169 cm³/mol. The molecule has 0 spiro atoms. The summed E-state index contributed by atoms with van der Waals surface area (Å²) >= 11 is 6.99. The van der Waals surface area contributed by atoms with E-state index >= 15 is 4.39 Å². The number of nitrogens with one attached hydrogen (secondary N) is 3. The second-order valence-electron chi connectivity index (χ2n) is 11.3. The molecule has 12 heteroatoms. The number of amides is 2. The molecule has 10 nitrogen and oxygen atoms in total. The zero-order chi connectivity index (χ0) is 31.8. The van der Waals surface area contributed by atoms with Crippen LogP contribution in [-0.2, 0) is 18.3 Å². The summed E-state index contributed by atoms with van der Waals surface area (Å²) in [5, 5.41) is 13.4. The van der Waals surface area contributed by atoms with E-state index in [9.17, 15) is 14.4 Å². The number of pyridine rings is 1. The number of hydrogen-bond acceptors (Lipinski definition) is 7. The van der Waals surface area contributed by atoms with Crippen molar-refractivity contribution in [1.82, 2.24) is 25.4 Å². The number of benzene rings is 2. The van der Waals surface area contributed by atoms with E-state index in [-0.39, 0.29) is 29.1 Å². The second kappa shape index (κ2) is 12.4. The number of hydrogen-bond donors (Lipinski definition) is 3. The number of aromatic nitrogens is 3. The summed E-state index contributed by atoms with van der Waals surface area (Å²) in [6.07, 6.45) is 4.40. The van der Waals surface area contributed by atoms with Crippen LogP contribution >= 0.6 is 11.6 Å². The van der Waals surface area contributed by atoms with E-state index in [2.05, 4.69) is 21.0 Å². The first-order valence-electron chi connectivity index (χ1n) is 14.7. The molecule has 1 aliphatic heterocycles. The summed E-state index contributed by atoms with van der Waals surface area (Å²) in [5.41, 5.74) is 4.08. The number of nitrogens with zero attached hydrogens (tertiary/aromatic N) is 3. The highest BCUT2D eigenvalue weighted by molar-refractivity contribution is 6.36. The lowest BCUT2D eigenvalue weighted by Crippen LogP contribution is -2.36. The summed E-state index contributed by atoms with van der Waals surface area (Å²) < 4.78 is 22.3. The van der Waals surface area contributed by atoms with Gasteiger partial charge in [-0.1, -0.05) is 29.8 Å². The van der Waals surface area contributed by atoms with Gasteiger partial charge in [0, 0.05) is 66.2 Å². The van der Waals surface area contributed by atoms with Gasteiger partial charge in [0.05, 0.1) is 17.8 Å². The third kappa shape index (κ3) is 5.81. The van der Waals surface area contributed by atoms with Gasteiger partial charge in [0.25, 0.3) is 11.5 Å². The van der Waals surface area contributed by atoms with Gasteiger partial charge < -0.3 is 20.7 Å². The Bertz CT molecular complexity index is 1890. The van der Waals surface area contributed by atoms with Crippen LogP contribution in [0.4, 0.5) is 10.1 Å². The van der Waals surface area contributed by atoms with Crippen molar-refractivity contribution >= 4 is 29.1 Å². The molecule has 2 unspecified atom stereocenters. The molecule has 2 atom stereocenters. The first-order valence-corrected chi connectivity index (χ1v) is 15.1. The number of aryl methyl sites for hydroxylation is 2. The molecule has 2 aromatic carbocycles. The number of fused-ring (bicyclic) bond motifs is 1. The minimum Gasteiger partial charge on any atom is -0.481 e. The lowest BCUT2D eigenvalue weighted by atomic mass is 9.95. The van der Waals surface area contributed by atoms with Crippen molar-refractivity contribution in [3.8, 4) is 28.3 Å². The lowest BCUT2D eigenvalue weighted by molar-refractivity contribution is -0.119. The van der Waals surface area contributed by atoms with Crippen molar-refractivity contribution in [2.75, 3.05) is 19.0 Å². The number of halogens is 2. The fourth-order valence-corrected chi connectivity index (χ4v) is 6.47. The van der Waals surface area contributed by atoms with Gasteiger partial charge >= 0.3 is 0 Å². The first kappa shape index (κ1) is 30.4. The predicted octanol–water partition coefficient (Wildman–Crippen LogP) is 4.73. The largest absolute Gasteiger partial charge is 0.481 e. The molecule has 0 saturated carbocycles. The highest BCUT2D eigenvalue weighted by Crippen LogP contribution is 2.43. The maximum atomic E-state index is 15.5. The first-order chi connectivity index (χ1) is 21.7. The van der Waals surface area contributed by atoms with E-state index in [1.54, 1.807) is 26.2 Å². The fraction of sp³-hybridized carbons (Fsp3) is 0.303. The molecule has 2 aliphatic rings. The molecule has 1 saturated heterocycles. The number of rotatable bonds is 8. The summed E-state index contributed by atoms with van der Waals surface area (Å²) in [4.78, 5) is 41.8. The van der Waals surface area contributed by atoms with Crippen LogP contribution < -0.4 is 26.2 Å². The molecule has 232 valence electrons. The van der Waals surface area contributed by atoms with Crippen LogP contribution in [0.1, 0.15) is 52.4 Å². The summed E-state index contributed by atoms with van der Waals surface area (Å²) in [5.74, 6) is -0.575. The van der Waals surface area contributed by atoms with Gasteiger partial charge in [-0.25, -0.2) is 14.1 Å². The van der Waals surface area contributed by atoms with Crippen molar-refractivity contribution in [3.63, 3.8) is 0 Å². The van der Waals surface area contributed by atoms with Crippen molar-refractivity contribution in [2.45, 2.75) is 44.7 Å². The molecular formula is C33H32ClFN6O4. The number of anilines is 1. The topological polar surface area (TPSA) is 127 Å². The Balaban J connectivity index is 1.31. The molecule has 2 amide bonds. The van der Waals surface area contributed by atoms with Crippen LogP contribution in [0.2, 0.25) is 5.02 Å². The van der Waals surface area contributed by atoms with Crippen LogP contribution in [0.3, 0.4) is 0 Å². The number of carbonyl (C=O) groups is 2. The van der Waals surface area contributed by atoms with Gasteiger partial charge in [-0.15, -0.1) is 0 Å². The van der Waals surface area contributed by atoms with Gasteiger partial charge in [-0.2, -0.15) is 5.10 Å². The smallest absolute Gasteiger partial charge is 0.279 e. The Morgan fingerprint density at radius 1 is 1.16 bits per heavy atom. The minimum atomic E-state index is -0.631. The number of carbonyl (C=O) groups excluding carboxylic acids is 2. The molecule has 6 rings (SSSR count). The normalized spacial score (nSPS) is 17.2. The van der Waals surface area contributed by atoms with Gasteiger partial charge in [-0.05, 0) is 61.6 Å². The molecule has 3 N–H and O–H groups in total. The zero-order valence-electron chi connectivity index (χ0n) is 25.0. The molecule has 1 fully saturated rings. The van der Waals surface area contributed by atoms with E-state index < -0.39 is 17.3 Å². The summed E-state index contributed by atoms with van der Waals surface area (Å²) in [7, 11) is 3.03. The maximum Gasteiger partial charge on any atom is 0.279 e. The van der Waals surface area contributed by atoms with Gasteiger partial charge in [0.2, 0.25) is 11.8 Å². The molecule has 1 aliphatic carbocycles. The Morgan fingerprint density at radius 3 is 2.71 bits per heavy atom. The second-order valence-corrected chi connectivity index (χ2v) is 11.7. The highest BCUT2D eigenvalue weighted by Gasteiger charge is 2.30. The van der Waals surface area contributed by atoms with Gasteiger partial charge in [0.1, 0.15) is 11.4 Å². The van der Waals surface area contributed by atoms with Crippen LogP contribution in [0.5, 0.6) is 5.88 Å². The molecule has 45 heavy (non-hydrogen) atoms. The van der Waals surface area contributed by atoms with Crippen molar-refractivity contribution in [3.05, 3.63) is 92.1 Å². The van der Waals surface area contributed by atoms with E-state index in [1.807, 2.05) is 12.1 Å². The van der Waals surface area contributed by atoms with E-state index in [0.717, 1.165) is 35.1 Å². The average Bonchev–Trinajstić information content (AvgIpc) is 3.64. The SMILES string of the molecule is COc1nc(-c2cccc(-c3c(F)ccc(NC(=O)c4ccnn(C)c4=O)c3C)c2Cl)cc2c1C(NCC1CCC(=O)N1)CC2. The fourth-order valence-electron chi connectivity index (χ4n) is 6.15. The average molecular weight is 631 g/mol. The van der Waals surface area contributed by atoms with Crippen LogP contribution in [0.15, 0.2) is 53.5 Å². The Kier molecular flexibility index (Phi) is 8.39. The van der Waals surface area contributed by atoms with Crippen molar-refractivity contribution < 1.29 is 18.7 Å². The standard InChI is InChI=1S/C33H32ClFN6O4/c1-17-24(39-31(43)22-13-14-37-41(2)33(22)44)11-9-23(35)28(17)21-6-4-5-20(30(21)34)26-15-18-7-10-25(29(18)32(40-26)45-3)36-16-19-8-12-27(42)38-19/h4-6,9,11,13-15,19,25,36H,7-8,10,12,16H2,1-3H3,(H,38,42)(H,39,43). The minimum absolute atomic E-state index is 0.0397. The third-order valence-electron chi connectivity index (χ3n) is 8.51. The van der Waals surface area contributed by atoms with Crippen molar-refractivity contribution in [2.24, 2.45) is 7.05 Å². The number of ether oxygens (including phenoxy) is 1. The van der Waals surface area contributed by atoms with Gasteiger partial charge in [-0.3, -0.25) is 14.4 Å². The van der Waals surface area contributed by atoms with Crippen LogP contribution in [-0.4, -0.2) is 46.3 Å². The third-order valence-corrected chi connectivity index (χ3v) is 8.91. The number of methoxy groups -OCH3 is 1. The van der Waals surface area contributed by atoms with Crippen LogP contribution in [0, 0.1) is 12.7 Å². The molecule has 2 aromatic heterocycles. The Morgan fingerprint density at radius 2 is 1.96 bits per heavy atom. The monoisotopic (exact) mass is 630 g/mol. The molecular weight excluding hydrogens is 599 g/mol. The molecule has 0 radical (unpaired) electrons. The molecule has 3 heterocycles. The maximum absolute atomic E-state index is 15.5. The summed E-state index contributed by atoms with van der Waals surface area (Å²) in [6.45, 7) is 2.35. The van der Waals surface area contributed by atoms with E-state index in [0.29, 0.717) is 51.9 Å². The zero-order valence-corrected chi connectivity index (χ0v) is 25.8. The Hall–Kier alpha value is -4.61. The molecule has 0 bridgehead atoms. The van der Waals surface area contributed by atoms with E-state index in [4.69, 9.17) is 21.3 Å². The summed E-state index contributed by atoms with van der Waals surface area (Å²) in [6, 6.07) is 11.5. The van der Waals surface area contributed by atoms with Crippen LogP contribution in [0.25, 0.3) is 22.4 Å². The van der Waals surface area contributed by atoms with Gasteiger partial charge in [0.15, 0.2) is 0 Å². The van der Waals surface area contributed by atoms with Crippen molar-refractivity contribution in [1.29, 1.82) is 0 Å². The molecule has 4 aromatic rings. The quantitative estimate of drug-likeness (QED) is 0.257. The lowest BCUT2D eigenvalue weighted by Gasteiger charge is -2.20. The Labute approximate surface area is 264 Å². The van der Waals surface area contributed by atoms with E-state index in [1.165, 1.54) is 31.4 Å². The highest BCUT2D eigenvalue weighted by atomic mass is 35.5.